The second-order valence-corrected chi connectivity index (χ2v) is 3.15. The van der Waals surface area contributed by atoms with Gasteiger partial charge in [-0.05, 0) is 6.07 Å². The molecule has 1 heterocycles. The number of hydrogen-bond acceptors (Lipinski definition) is 4. The number of rotatable bonds is 2. The molecule has 0 radical (unpaired) electrons. The van der Waals surface area contributed by atoms with Crippen molar-refractivity contribution in [3.63, 3.8) is 0 Å². The van der Waals surface area contributed by atoms with Gasteiger partial charge in [0.05, 0.1) is 18.4 Å². The predicted octanol–water partition coefficient (Wildman–Crippen LogP) is 2.41. The average molecular weight is 270 g/mol. The van der Waals surface area contributed by atoms with Crippen LogP contribution in [0.1, 0.15) is 28.2 Å². The number of methoxy groups -OCH3 is 1. The molecule has 1 aromatic rings. The maximum absolute atomic E-state index is 12.5. The Kier molecular flexibility index (Phi) is 3.73. The summed E-state index contributed by atoms with van der Waals surface area (Å²) in [6.07, 6.45) is -8.31. The zero-order chi connectivity index (χ0) is 14.1. The van der Waals surface area contributed by atoms with Gasteiger partial charge in [0.25, 0.3) is 6.43 Å². The lowest BCUT2D eigenvalue weighted by Crippen LogP contribution is -2.18. The summed E-state index contributed by atoms with van der Waals surface area (Å²) in [5.74, 6) is -1.25. The van der Waals surface area contributed by atoms with Gasteiger partial charge >= 0.3 is 12.1 Å². The molecule has 0 amide bonds. The molecule has 0 aliphatic carbocycles. The van der Waals surface area contributed by atoms with Gasteiger partial charge in [0.15, 0.2) is 5.69 Å². The Morgan fingerprint density at radius 2 is 2.00 bits per heavy atom. The molecule has 9 heteroatoms. The van der Waals surface area contributed by atoms with Crippen molar-refractivity contribution in [2.75, 3.05) is 12.8 Å². The molecule has 2 N–H and O–H groups in total. The average Bonchev–Trinajstić information content (AvgIpc) is 2.26. The van der Waals surface area contributed by atoms with Crippen LogP contribution < -0.4 is 5.73 Å². The fourth-order valence-electron chi connectivity index (χ4n) is 1.18. The highest BCUT2D eigenvalue weighted by Crippen LogP contribution is 2.35. The maximum Gasteiger partial charge on any atom is 0.435 e. The van der Waals surface area contributed by atoms with Crippen LogP contribution in [-0.2, 0) is 10.9 Å². The first kappa shape index (κ1) is 14.1. The summed E-state index contributed by atoms with van der Waals surface area (Å²) in [6, 6.07) is 0.473. The van der Waals surface area contributed by atoms with E-state index in [2.05, 4.69) is 9.72 Å². The van der Waals surface area contributed by atoms with E-state index in [1.54, 1.807) is 0 Å². The van der Waals surface area contributed by atoms with Gasteiger partial charge in [-0.15, -0.1) is 0 Å². The summed E-state index contributed by atoms with van der Waals surface area (Å²) < 4.78 is 66.4. The van der Waals surface area contributed by atoms with Crippen molar-refractivity contribution in [2.24, 2.45) is 0 Å². The number of nitrogen functional groups attached to an aromatic ring is 1. The van der Waals surface area contributed by atoms with Crippen molar-refractivity contribution in [3.05, 3.63) is 23.0 Å². The third-order valence-corrected chi connectivity index (χ3v) is 1.98. The van der Waals surface area contributed by atoms with Gasteiger partial charge in [-0.25, -0.2) is 18.6 Å². The number of esters is 1. The van der Waals surface area contributed by atoms with E-state index in [0.717, 1.165) is 7.11 Å². The minimum absolute atomic E-state index is 0.473. The monoisotopic (exact) mass is 270 g/mol. The number of alkyl halides is 5. The Morgan fingerprint density at radius 1 is 1.44 bits per heavy atom. The Morgan fingerprint density at radius 3 is 2.39 bits per heavy atom. The van der Waals surface area contributed by atoms with E-state index in [9.17, 15) is 26.7 Å². The van der Waals surface area contributed by atoms with E-state index in [-0.39, 0.29) is 0 Å². The molecule has 100 valence electrons. The van der Waals surface area contributed by atoms with Crippen molar-refractivity contribution >= 4 is 11.7 Å². The number of carbonyl (C=O) groups is 1. The molecule has 0 aromatic carbocycles. The number of anilines is 1. The summed E-state index contributed by atoms with van der Waals surface area (Å²) in [6.45, 7) is 0. The van der Waals surface area contributed by atoms with Gasteiger partial charge in [0.2, 0.25) is 0 Å². The fraction of sp³-hybridized carbons (Fsp3) is 0.333. The third-order valence-electron chi connectivity index (χ3n) is 1.98. The van der Waals surface area contributed by atoms with Crippen molar-refractivity contribution in [1.29, 1.82) is 0 Å². The highest BCUT2D eigenvalue weighted by Gasteiger charge is 2.38. The normalized spacial score (nSPS) is 11.7. The molecule has 0 fully saturated rings. The summed E-state index contributed by atoms with van der Waals surface area (Å²) >= 11 is 0. The Balaban J connectivity index is 3.53. The summed E-state index contributed by atoms with van der Waals surface area (Å²) in [5.41, 5.74) is 0.315. The lowest BCUT2D eigenvalue weighted by molar-refractivity contribution is -0.140. The van der Waals surface area contributed by atoms with E-state index in [0.29, 0.717) is 6.07 Å². The predicted molar refractivity (Wildman–Crippen MR) is 49.9 cm³/mol. The van der Waals surface area contributed by atoms with Crippen LogP contribution in [-0.4, -0.2) is 18.1 Å². The van der Waals surface area contributed by atoms with E-state index < -0.39 is 41.2 Å². The topological polar surface area (TPSA) is 65.2 Å². The first-order valence-electron chi connectivity index (χ1n) is 4.42. The SMILES string of the molecule is COC(=O)c1cc(C(F)F)nc(C(F)(F)F)c1N. The van der Waals surface area contributed by atoms with Crippen LogP contribution in [0.5, 0.6) is 0 Å². The van der Waals surface area contributed by atoms with Crippen LogP contribution in [0.4, 0.5) is 27.6 Å². The van der Waals surface area contributed by atoms with E-state index in [4.69, 9.17) is 5.73 Å². The van der Waals surface area contributed by atoms with Gasteiger partial charge in [-0.3, -0.25) is 0 Å². The summed E-state index contributed by atoms with van der Waals surface area (Å²) in [4.78, 5) is 13.9. The van der Waals surface area contributed by atoms with Crippen LogP contribution >= 0.6 is 0 Å². The van der Waals surface area contributed by atoms with Crippen LogP contribution in [0.2, 0.25) is 0 Å². The number of nitrogens with two attached hydrogens (primary N) is 1. The van der Waals surface area contributed by atoms with Crippen LogP contribution in [0, 0.1) is 0 Å². The molecule has 0 aliphatic heterocycles. The van der Waals surface area contributed by atoms with Crippen molar-refractivity contribution in [1.82, 2.24) is 4.98 Å². The molecule has 0 saturated carbocycles. The Hall–Kier alpha value is -1.93. The number of nitrogens with zero attached hydrogens (tertiary/aromatic N) is 1. The number of carbonyl (C=O) groups excluding carboxylic acids is 1. The molecule has 4 nitrogen and oxygen atoms in total. The molecule has 0 atom stereocenters. The van der Waals surface area contributed by atoms with Gasteiger partial charge < -0.3 is 10.5 Å². The zero-order valence-corrected chi connectivity index (χ0v) is 8.89. The van der Waals surface area contributed by atoms with Crippen LogP contribution in [0.15, 0.2) is 6.07 Å². The quantitative estimate of drug-likeness (QED) is 0.662. The van der Waals surface area contributed by atoms with Gasteiger partial charge in [-0.1, -0.05) is 0 Å². The lowest BCUT2D eigenvalue weighted by atomic mass is 10.1. The molecular formula is C9H7F5N2O2. The molecule has 0 aliphatic rings. The molecule has 0 saturated heterocycles. The molecule has 1 aromatic heterocycles. The van der Waals surface area contributed by atoms with E-state index in [1.807, 2.05) is 0 Å². The molecule has 1 rings (SSSR count). The van der Waals surface area contributed by atoms with E-state index >= 15 is 0 Å². The first-order chi connectivity index (χ1) is 8.18. The molecule has 18 heavy (non-hydrogen) atoms. The smallest absolute Gasteiger partial charge is 0.435 e. The highest BCUT2D eigenvalue weighted by molar-refractivity contribution is 5.95. The molecule has 0 spiro atoms. The molecular weight excluding hydrogens is 263 g/mol. The Labute approximate surface area is 97.6 Å². The lowest BCUT2D eigenvalue weighted by Gasteiger charge is -2.13. The zero-order valence-electron chi connectivity index (χ0n) is 8.89. The number of hydrogen-bond donors (Lipinski definition) is 1. The highest BCUT2D eigenvalue weighted by atomic mass is 19.4. The minimum Gasteiger partial charge on any atom is -0.465 e. The van der Waals surface area contributed by atoms with Gasteiger partial charge in [-0.2, -0.15) is 13.2 Å². The number of halogens is 5. The van der Waals surface area contributed by atoms with Crippen molar-refractivity contribution < 1.29 is 31.5 Å². The first-order valence-corrected chi connectivity index (χ1v) is 4.42. The van der Waals surface area contributed by atoms with Crippen LogP contribution in [0.3, 0.4) is 0 Å². The van der Waals surface area contributed by atoms with Crippen molar-refractivity contribution in [2.45, 2.75) is 12.6 Å². The molecule has 0 bridgehead atoms. The van der Waals surface area contributed by atoms with Gasteiger partial charge in [0.1, 0.15) is 5.69 Å². The number of aromatic nitrogens is 1. The third kappa shape index (κ3) is 2.66. The second-order valence-electron chi connectivity index (χ2n) is 3.15. The number of pyridine rings is 1. The Bertz CT molecular complexity index is 473. The van der Waals surface area contributed by atoms with E-state index in [1.165, 1.54) is 0 Å². The molecule has 0 unspecified atom stereocenters. The fourth-order valence-corrected chi connectivity index (χ4v) is 1.18. The minimum atomic E-state index is -5.04. The van der Waals surface area contributed by atoms with Crippen molar-refractivity contribution in [3.8, 4) is 0 Å². The number of ether oxygens (including phenoxy) is 1. The standard InChI is InChI=1S/C9H7F5N2O2/c1-18-8(17)3-2-4(7(10)11)16-6(5(3)15)9(12,13)14/h2,7H,15H2,1H3. The van der Waals surface area contributed by atoms with Gasteiger partial charge in [0, 0.05) is 0 Å². The van der Waals surface area contributed by atoms with Crippen LogP contribution in [0.25, 0.3) is 0 Å². The summed E-state index contributed by atoms with van der Waals surface area (Å²) in [7, 11) is 0.886. The largest absolute Gasteiger partial charge is 0.465 e. The second kappa shape index (κ2) is 4.75. The summed E-state index contributed by atoms with van der Waals surface area (Å²) in [5, 5.41) is 0. The maximum atomic E-state index is 12.5.